The number of carbonyl (C=O) groups is 2. The SMILES string of the molecule is CCOc1ccc([C@H]2C3=C(C[C@@H](c4ccccc4)CC3=O)N=C(C)C2C(=O)O[C@H](C)CC)cc1. The highest BCUT2D eigenvalue weighted by Crippen LogP contribution is 2.47. The van der Waals surface area contributed by atoms with Crippen LogP contribution in [0.1, 0.15) is 69.9 Å². The standard InChI is InChI=1S/C29H33NO4/c1-5-18(3)34-29(32)26-19(4)30-24-16-22(20-10-8-7-9-11-20)17-25(31)28(24)27(26)21-12-14-23(15-13-21)33-6-2/h7-15,18,22,26-27H,5-6,16-17H2,1-4H3/t18-,22-,26?,27-/m1/s1. The third-order valence-corrected chi connectivity index (χ3v) is 6.86. The van der Waals surface area contributed by atoms with Gasteiger partial charge in [-0.15, -0.1) is 0 Å². The molecule has 4 atom stereocenters. The van der Waals surface area contributed by atoms with E-state index in [2.05, 4.69) is 12.1 Å². The number of aliphatic imine (C=N–C) groups is 1. The molecule has 0 saturated heterocycles. The van der Waals surface area contributed by atoms with Gasteiger partial charge in [0.05, 0.1) is 12.7 Å². The van der Waals surface area contributed by atoms with Gasteiger partial charge in [0.25, 0.3) is 0 Å². The summed E-state index contributed by atoms with van der Waals surface area (Å²) in [4.78, 5) is 31.8. The van der Waals surface area contributed by atoms with Crippen molar-refractivity contribution >= 4 is 17.5 Å². The molecule has 5 nitrogen and oxygen atoms in total. The first-order valence-corrected chi connectivity index (χ1v) is 12.2. The third kappa shape index (κ3) is 4.84. The second-order valence-electron chi connectivity index (χ2n) is 9.17. The molecular formula is C29H33NO4. The minimum atomic E-state index is -0.622. The van der Waals surface area contributed by atoms with E-state index >= 15 is 0 Å². The van der Waals surface area contributed by atoms with E-state index in [9.17, 15) is 9.59 Å². The molecule has 0 radical (unpaired) electrons. The topological polar surface area (TPSA) is 65.0 Å². The second-order valence-corrected chi connectivity index (χ2v) is 9.17. The number of hydrogen-bond acceptors (Lipinski definition) is 5. The Morgan fingerprint density at radius 3 is 2.38 bits per heavy atom. The van der Waals surface area contributed by atoms with Crippen LogP contribution in [0, 0.1) is 5.92 Å². The predicted octanol–water partition coefficient (Wildman–Crippen LogP) is 6.00. The van der Waals surface area contributed by atoms with Crippen LogP contribution in [0.3, 0.4) is 0 Å². The summed E-state index contributed by atoms with van der Waals surface area (Å²) in [5.41, 5.74) is 4.21. The molecular weight excluding hydrogens is 426 g/mol. The minimum absolute atomic E-state index is 0.0616. The second kappa shape index (κ2) is 10.4. The molecule has 0 saturated carbocycles. The summed E-state index contributed by atoms with van der Waals surface area (Å²) in [6, 6.07) is 17.8. The van der Waals surface area contributed by atoms with Crippen LogP contribution in [-0.2, 0) is 14.3 Å². The summed E-state index contributed by atoms with van der Waals surface area (Å²) < 4.78 is 11.4. The van der Waals surface area contributed by atoms with Crippen LogP contribution in [0.5, 0.6) is 5.75 Å². The van der Waals surface area contributed by atoms with E-state index in [0.29, 0.717) is 30.7 Å². The van der Waals surface area contributed by atoms with E-state index in [1.165, 1.54) is 0 Å². The smallest absolute Gasteiger partial charge is 0.315 e. The number of carbonyl (C=O) groups excluding carboxylic acids is 2. The van der Waals surface area contributed by atoms with Gasteiger partial charge in [0.15, 0.2) is 5.78 Å². The quantitative estimate of drug-likeness (QED) is 0.476. The molecule has 2 aromatic rings. The molecule has 1 aliphatic heterocycles. The average Bonchev–Trinajstić information content (AvgIpc) is 2.84. The van der Waals surface area contributed by atoms with E-state index in [1.54, 1.807) is 0 Å². The van der Waals surface area contributed by atoms with Gasteiger partial charge in [0.1, 0.15) is 11.7 Å². The van der Waals surface area contributed by atoms with Gasteiger partial charge < -0.3 is 9.47 Å². The molecule has 0 N–H and O–H groups in total. The molecule has 1 aliphatic carbocycles. The summed E-state index contributed by atoms with van der Waals surface area (Å²) in [6.45, 7) is 8.27. The van der Waals surface area contributed by atoms with Gasteiger partial charge in [-0.05, 0) is 62.8 Å². The highest BCUT2D eigenvalue weighted by atomic mass is 16.5. The van der Waals surface area contributed by atoms with Crippen LogP contribution >= 0.6 is 0 Å². The summed E-state index contributed by atoms with van der Waals surface area (Å²) >= 11 is 0. The fourth-order valence-electron chi connectivity index (χ4n) is 4.98. The van der Waals surface area contributed by atoms with Crippen molar-refractivity contribution in [2.45, 2.75) is 64.9 Å². The first kappa shape index (κ1) is 23.9. The van der Waals surface area contributed by atoms with E-state index in [0.717, 1.165) is 29.0 Å². The monoisotopic (exact) mass is 459 g/mol. The fourth-order valence-corrected chi connectivity index (χ4v) is 4.98. The molecule has 2 aliphatic rings. The van der Waals surface area contributed by atoms with Gasteiger partial charge in [-0.3, -0.25) is 14.6 Å². The zero-order valence-corrected chi connectivity index (χ0v) is 20.4. The van der Waals surface area contributed by atoms with Crippen LogP contribution in [0.2, 0.25) is 0 Å². The van der Waals surface area contributed by atoms with Crippen LogP contribution < -0.4 is 4.74 Å². The Hall–Kier alpha value is -3.21. The Kier molecular flexibility index (Phi) is 7.30. The van der Waals surface area contributed by atoms with E-state index in [4.69, 9.17) is 14.5 Å². The lowest BCUT2D eigenvalue weighted by molar-refractivity contribution is -0.151. The van der Waals surface area contributed by atoms with Gasteiger partial charge >= 0.3 is 5.97 Å². The Morgan fingerprint density at radius 2 is 1.74 bits per heavy atom. The molecule has 0 amide bonds. The Morgan fingerprint density at radius 1 is 1.03 bits per heavy atom. The van der Waals surface area contributed by atoms with Crippen molar-refractivity contribution in [1.82, 2.24) is 0 Å². The fraction of sp³-hybridized carbons (Fsp3) is 0.414. The first-order valence-electron chi connectivity index (χ1n) is 12.2. The van der Waals surface area contributed by atoms with Gasteiger partial charge in [0.2, 0.25) is 0 Å². The molecule has 1 heterocycles. The normalized spacial score (nSPS) is 23.1. The Balaban J connectivity index is 1.76. The number of benzene rings is 2. The van der Waals surface area contributed by atoms with E-state index < -0.39 is 11.8 Å². The molecule has 2 aromatic carbocycles. The van der Waals surface area contributed by atoms with E-state index in [1.807, 2.05) is 70.2 Å². The van der Waals surface area contributed by atoms with Crippen molar-refractivity contribution in [2.75, 3.05) is 6.61 Å². The number of ether oxygens (including phenoxy) is 2. The molecule has 1 unspecified atom stereocenters. The maximum absolute atomic E-state index is 13.6. The van der Waals surface area contributed by atoms with Crippen LogP contribution in [0.25, 0.3) is 0 Å². The van der Waals surface area contributed by atoms with Crippen molar-refractivity contribution in [3.05, 3.63) is 77.0 Å². The Bertz CT molecular complexity index is 1100. The number of rotatable bonds is 7. The summed E-state index contributed by atoms with van der Waals surface area (Å²) in [7, 11) is 0. The van der Waals surface area contributed by atoms with Crippen molar-refractivity contribution in [3.63, 3.8) is 0 Å². The van der Waals surface area contributed by atoms with Crippen LogP contribution in [0.15, 0.2) is 70.9 Å². The molecule has 4 rings (SSSR count). The zero-order chi connectivity index (χ0) is 24.2. The number of nitrogens with zero attached hydrogens (tertiary/aromatic N) is 1. The van der Waals surface area contributed by atoms with Crippen molar-refractivity contribution in [1.29, 1.82) is 0 Å². The lowest BCUT2D eigenvalue weighted by Crippen LogP contribution is -2.39. The molecule has 34 heavy (non-hydrogen) atoms. The number of allylic oxidation sites excluding steroid dienone is 2. The predicted molar refractivity (Wildman–Crippen MR) is 133 cm³/mol. The number of Topliss-reactive ketones (excluding diaryl/α,β-unsaturated/α-hetero) is 1. The van der Waals surface area contributed by atoms with Crippen molar-refractivity contribution < 1.29 is 19.1 Å². The van der Waals surface area contributed by atoms with Gasteiger partial charge in [-0.25, -0.2) is 0 Å². The van der Waals surface area contributed by atoms with Crippen molar-refractivity contribution in [3.8, 4) is 5.75 Å². The molecule has 0 fully saturated rings. The highest BCUT2D eigenvalue weighted by molar-refractivity contribution is 6.09. The van der Waals surface area contributed by atoms with Crippen LogP contribution in [-0.4, -0.2) is 30.2 Å². The van der Waals surface area contributed by atoms with Gasteiger partial charge in [0, 0.05) is 29.3 Å². The van der Waals surface area contributed by atoms with Gasteiger partial charge in [-0.1, -0.05) is 49.4 Å². The Labute approximate surface area is 201 Å². The molecule has 178 valence electrons. The molecule has 0 spiro atoms. The van der Waals surface area contributed by atoms with E-state index in [-0.39, 0.29) is 23.8 Å². The molecule has 0 bridgehead atoms. The number of esters is 1. The third-order valence-electron chi connectivity index (χ3n) is 6.86. The first-order chi connectivity index (χ1) is 16.4. The minimum Gasteiger partial charge on any atom is -0.494 e. The maximum Gasteiger partial charge on any atom is 0.315 e. The molecule has 0 aromatic heterocycles. The largest absolute Gasteiger partial charge is 0.494 e. The van der Waals surface area contributed by atoms with Crippen molar-refractivity contribution in [2.24, 2.45) is 10.9 Å². The summed E-state index contributed by atoms with van der Waals surface area (Å²) in [5, 5.41) is 0. The summed E-state index contributed by atoms with van der Waals surface area (Å²) in [6.07, 6.45) is 1.64. The number of hydrogen-bond donors (Lipinski definition) is 0. The highest BCUT2D eigenvalue weighted by Gasteiger charge is 2.45. The lowest BCUT2D eigenvalue weighted by Gasteiger charge is -2.37. The average molecular weight is 460 g/mol. The number of ketones is 1. The maximum atomic E-state index is 13.6. The van der Waals surface area contributed by atoms with Crippen LogP contribution in [0.4, 0.5) is 0 Å². The van der Waals surface area contributed by atoms with Gasteiger partial charge in [-0.2, -0.15) is 0 Å². The zero-order valence-electron chi connectivity index (χ0n) is 20.4. The summed E-state index contributed by atoms with van der Waals surface area (Å²) in [5.74, 6) is -0.439. The lowest BCUT2D eigenvalue weighted by atomic mass is 9.69. The molecule has 5 heteroatoms.